The summed E-state index contributed by atoms with van der Waals surface area (Å²) in [7, 11) is 0.880. The maximum absolute atomic E-state index is 12.2. The van der Waals surface area contributed by atoms with Gasteiger partial charge in [-0.3, -0.25) is 9.31 Å². The number of H-pyrrole nitrogens is 1. The molecule has 3 unspecified atom stereocenters. The summed E-state index contributed by atoms with van der Waals surface area (Å²) in [6, 6.07) is 8.12. The highest BCUT2D eigenvalue weighted by atomic mass is 32.2. The number of rotatable bonds is 4. The van der Waals surface area contributed by atoms with Crippen molar-refractivity contribution in [3.05, 3.63) is 35.5 Å². The summed E-state index contributed by atoms with van der Waals surface area (Å²) in [5, 5.41) is 10.9. The molecule has 3 atom stereocenters. The molecule has 4 rings (SSSR count). The summed E-state index contributed by atoms with van der Waals surface area (Å²) in [5.41, 5.74) is 3.25. The molecule has 0 bridgehead atoms. The third-order valence-electron chi connectivity index (χ3n) is 4.90. The third kappa shape index (κ3) is 2.81. The molecule has 122 valence electrons. The third-order valence-corrected chi connectivity index (χ3v) is 6.41. The highest BCUT2D eigenvalue weighted by Crippen LogP contribution is 2.36. The van der Waals surface area contributed by atoms with E-state index in [1.54, 1.807) is 7.11 Å². The first-order chi connectivity index (χ1) is 11.2. The number of anilines is 2. The highest BCUT2D eigenvalue weighted by Gasteiger charge is 2.27. The number of benzene rings is 1. The number of aryl methyl sites for hydroxylation is 1. The van der Waals surface area contributed by atoms with Gasteiger partial charge in [0.25, 0.3) is 0 Å². The molecule has 0 saturated heterocycles. The fourth-order valence-electron chi connectivity index (χ4n) is 3.64. The van der Waals surface area contributed by atoms with Gasteiger partial charge in [0.2, 0.25) is 0 Å². The summed E-state index contributed by atoms with van der Waals surface area (Å²) in [6.07, 6.45) is 4.53. The number of aromatic amines is 1. The Labute approximate surface area is 138 Å². The second-order valence-electron chi connectivity index (χ2n) is 6.29. The van der Waals surface area contributed by atoms with E-state index in [9.17, 15) is 4.21 Å². The van der Waals surface area contributed by atoms with E-state index in [-0.39, 0.29) is 0 Å². The molecular formula is C17H21N3O2S. The summed E-state index contributed by atoms with van der Waals surface area (Å²) in [6.45, 7) is 0. The van der Waals surface area contributed by atoms with Gasteiger partial charge >= 0.3 is 0 Å². The second-order valence-corrected chi connectivity index (χ2v) is 7.80. The zero-order chi connectivity index (χ0) is 15.8. The van der Waals surface area contributed by atoms with E-state index in [0.29, 0.717) is 12.0 Å². The Balaban J connectivity index is 1.53. The first-order valence-corrected chi connectivity index (χ1v) is 9.42. The van der Waals surface area contributed by atoms with Crippen LogP contribution in [0.3, 0.4) is 0 Å². The van der Waals surface area contributed by atoms with Crippen LogP contribution >= 0.6 is 0 Å². The van der Waals surface area contributed by atoms with E-state index < -0.39 is 10.8 Å². The Hall–Kier alpha value is -1.66. The van der Waals surface area contributed by atoms with Crippen LogP contribution in [-0.4, -0.2) is 33.4 Å². The van der Waals surface area contributed by atoms with Gasteiger partial charge in [0.05, 0.1) is 27.5 Å². The Bertz CT molecular complexity index is 743. The Morgan fingerprint density at radius 3 is 3.13 bits per heavy atom. The number of aromatic nitrogens is 2. The van der Waals surface area contributed by atoms with Crippen molar-refractivity contribution < 1.29 is 8.95 Å². The average Bonchev–Trinajstić information content (AvgIpc) is 3.27. The molecule has 6 heteroatoms. The zero-order valence-electron chi connectivity index (χ0n) is 13.2. The van der Waals surface area contributed by atoms with E-state index in [2.05, 4.69) is 27.6 Å². The lowest BCUT2D eigenvalue weighted by atomic mass is 10.0. The summed E-state index contributed by atoms with van der Waals surface area (Å²) >= 11 is 0. The van der Waals surface area contributed by atoms with Crippen molar-refractivity contribution in [2.45, 2.75) is 42.6 Å². The minimum atomic E-state index is -0.901. The van der Waals surface area contributed by atoms with E-state index in [0.717, 1.165) is 53.5 Å². The first kappa shape index (κ1) is 14.9. The number of hydrogen-bond donors (Lipinski definition) is 2. The molecule has 23 heavy (non-hydrogen) atoms. The van der Waals surface area contributed by atoms with E-state index >= 15 is 0 Å². The zero-order valence-corrected chi connectivity index (χ0v) is 14.0. The molecule has 2 aliphatic rings. The lowest BCUT2D eigenvalue weighted by Gasteiger charge is -2.08. The van der Waals surface area contributed by atoms with Crippen LogP contribution in [0.2, 0.25) is 0 Å². The van der Waals surface area contributed by atoms with Crippen LogP contribution < -0.4 is 5.32 Å². The maximum Gasteiger partial charge on any atom is 0.152 e. The van der Waals surface area contributed by atoms with Crippen LogP contribution in [-0.2, 0) is 22.0 Å². The molecule has 2 aromatic rings. The van der Waals surface area contributed by atoms with Gasteiger partial charge in [-0.2, -0.15) is 5.10 Å². The summed E-state index contributed by atoms with van der Waals surface area (Å²) in [5.74, 6) is 2.00. The second kappa shape index (κ2) is 6.09. The molecule has 0 spiro atoms. The maximum atomic E-state index is 12.2. The van der Waals surface area contributed by atoms with Gasteiger partial charge in [-0.15, -0.1) is 0 Å². The van der Waals surface area contributed by atoms with Crippen molar-refractivity contribution in [1.82, 2.24) is 10.2 Å². The number of fused-ring (bicyclic) bond motifs is 1. The molecule has 2 N–H and O–H groups in total. The molecule has 1 aromatic heterocycles. The molecule has 2 heterocycles. The minimum absolute atomic E-state index is 0.361. The van der Waals surface area contributed by atoms with Crippen LogP contribution in [0.1, 0.15) is 36.4 Å². The van der Waals surface area contributed by atoms with Gasteiger partial charge in [-0.05, 0) is 37.3 Å². The highest BCUT2D eigenvalue weighted by molar-refractivity contribution is 7.85. The largest absolute Gasteiger partial charge is 0.381 e. The van der Waals surface area contributed by atoms with E-state index in [4.69, 9.17) is 4.74 Å². The number of nitrogens with one attached hydrogen (secondary N) is 2. The Morgan fingerprint density at radius 2 is 2.30 bits per heavy atom. The van der Waals surface area contributed by atoms with Crippen molar-refractivity contribution in [3.63, 3.8) is 0 Å². The molecule has 1 aliphatic heterocycles. The molecule has 1 aliphatic carbocycles. The Morgan fingerprint density at radius 1 is 1.39 bits per heavy atom. The average molecular weight is 331 g/mol. The minimum Gasteiger partial charge on any atom is -0.381 e. The van der Waals surface area contributed by atoms with Gasteiger partial charge < -0.3 is 10.1 Å². The van der Waals surface area contributed by atoms with Crippen molar-refractivity contribution in [1.29, 1.82) is 0 Å². The topological polar surface area (TPSA) is 67.0 Å². The van der Waals surface area contributed by atoms with Crippen LogP contribution in [0.15, 0.2) is 29.2 Å². The van der Waals surface area contributed by atoms with Crippen molar-refractivity contribution >= 4 is 22.3 Å². The van der Waals surface area contributed by atoms with Gasteiger partial charge in [-0.25, -0.2) is 0 Å². The van der Waals surface area contributed by atoms with Gasteiger partial charge in [0, 0.05) is 30.5 Å². The number of ether oxygens (including phenoxy) is 1. The standard InChI is InChI=1S/C17H21N3O2S/c1-22-13-6-5-12(9-13)15-10-16(20-19-15)18-14-4-2-3-11-7-8-23(21)17(11)14/h2-4,10,12-13H,5-9H2,1H3,(H2,18,19,20). The normalized spacial score (nSPS) is 26.4. The quantitative estimate of drug-likeness (QED) is 0.903. The lowest BCUT2D eigenvalue weighted by Crippen LogP contribution is -2.04. The van der Waals surface area contributed by atoms with Crippen LogP contribution in [0.4, 0.5) is 11.5 Å². The van der Waals surface area contributed by atoms with Gasteiger partial charge in [0.1, 0.15) is 0 Å². The van der Waals surface area contributed by atoms with Gasteiger partial charge in [-0.1, -0.05) is 12.1 Å². The van der Waals surface area contributed by atoms with Crippen LogP contribution in [0.25, 0.3) is 0 Å². The lowest BCUT2D eigenvalue weighted by molar-refractivity contribution is 0.108. The SMILES string of the molecule is COC1CCC(c2cc(Nc3cccc4c3S(=O)CC4)n[nH]2)C1. The predicted molar refractivity (Wildman–Crippen MR) is 90.7 cm³/mol. The van der Waals surface area contributed by atoms with Crippen molar-refractivity contribution in [3.8, 4) is 0 Å². The Kier molecular flexibility index (Phi) is 3.95. The number of methoxy groups -OCH3 is 1. The number of nitrogens with zero attached hydrogens (tertiary/aromatic N) is 1. The smallest absolute Gasteiger partial charge is 0.152 e. The molecular weight excluding hydrogens is 310 g/mol. The van der Waals surface area contributed by atoms with Crippen LogP contribution in [0.5, 0.6) is 0 Å². The molecule has 5 nitrogen and oxygen atoms in total. The molecule has 0 radical (unpaired) electrons. The number of hydrogen-bond acceptors (Lipinski definition) is 4. The first-order valence-electron chi connectivity index (χ1n) is 8.10. The molecule has 1 fully saturated rings. The van der Waals surface area contributed by atoms with E-state index in [1.165, 1.54) is 5.56 Å². The van der Waals surface area contributed by atoms with Crippen molar-refractivity contribution in [2.75, 3.05) is 18.2 Å². The van der Waals surface area contributed by atoms with Crippen LogP contribution in [0, 0.1) is 0 Å². The summed E-state index contributed by atoms with van der Waals surface area (Å²) in [4.78, 5) is 0.942. The van der Waals surface area contributed by atoms with Crippen molar-refractivity contribution in [2.24, 2.45) is 0 Å². The van der Waals surface area contributed by atoms with Gasteiger partial charge in [0.15, 0.2) is 5.82 Å². The molecule has 1 aromatic carbocycles. The predicted octanol–water partition coefficient (Wildman–Crippen LogP) is 3.10. The summed E-state index contributed by atoms with van der Waals surface area (Å²) < 4.78 is 17.6. The monoisotopic (exact) mass is 331 g/mol. The molecule has 0 amide bonds. The van der Waals surface area contributed by atoms with E-state index in [1.807, 2.05) is 12.1 Å². The fourth-order valence-corrected chi connectivity index (χ4v) is 5.07. The fraction of sp³-hybridized carbons (Fsp3) is 0.471. The molecule has 1 saturated carbocycles.